The minimum Gasteiger partial charge on any atom is -0.497 e. The number of benzene rings is 3. The molecule has 2 aliphatic heterocycles. The number of fused-ring (bicyclic) bond motifs is 1. The van der Waals surface area contributed by atoms with E-state index in [9.17, 15) is 27.6 Å². The van der Waals surface area contributed by atoms with Crippen LogP contribution in [0.25, 0.3) is 5.69 Å². The fourth-order valence-electron chi connectivity index (χ4n) is 6.36. The lowest BCUT2D eigenvalue weighted by atomic mass is 9.89. The van der Waals surface area contributed by atoms with Crippen molar-refractivity contribution in [1.82, 2.24) is 19.6 Å². The predicted molar refractivity (Wildman–Crippen MR) is 169 cm³/mol. The van der Waals surface area contributed by atoms with Gasteiger partial charge in [0.05, 0.1) is 18.4 Å². The molecule has 0 bridgehead atoms. The molecule has 47 heavy (non-hydrogen) atoms. The van der Waals surface area contributed by atoms with Gasteiger partial charge in [-0.3, -0.25) is 14.4 Å². The van der Waals surface area contributed by atoms with Crippen LogP contribution < -0.4 is 9.64 Å². The minimum absolute atomic E-state index is 0.0215. The average molecular weight is 646 g/mol. The Labute approximate surface area is 270 Å². The molecule has 4 aromatic rings. The normalized spacial score (nSPS) is 15.4. The molecule has 0 N–H and O–H groups in total. The van der Waals surface area contributed by atoms with Gasteiger partial charge in [-0.05, 0) is 73.2 Å². The minimum atomic E-state index is -4.83. The first kappa shape index (κ1) is 31.8. The molecule has 6 rings (SSSR count). The number of anilines is 1. The van der Waals surface area contributed by atoms with Crippen molar-refractivity contribution in [2.45, 2.75) is 31.4 Å². The second-order valence-corrected chi connectivity index (χ2v) is 11.9. The Balaban J connectivity index is 1.37. The Morgan fingerprint density at radius 3 is 2.23 bits per heavy atom. The van der Waals surface area contributed by atoms with Crippen molar-refractivity contribution in [3.05, 3.63) is 106 Å². The van der Waals surface area contributed by atoms with E-state index in [0.717, 1.165) is 17.5 Å². The third-order valence-corrected chi connectivity index (χ3v) is 8.83. The van der Waals surface area contributed by atoms with Crippen molar-refractivity contribution < 1.29 is 32.3 Å². The molecule has 3 aromatic carbocycles. The molecule has 0 atom stereocenters. The summed E-state index contributed by atoms with van der Waals surface area (Å²) >= 11 is 0. The summed E-state index contributed by atoms with van der Waals surface area (Å²) in [6, 6.07) is 20.9. The van der Waals surface area contributed by atoms with Crippen molar-refractivity contribution in [1.29, 1.82) is 0 Å². The molecule has 9 nitrogen and oxygen atoms in total. The number of amides is 3. The van der Waals surface area contributed by atoms with Crippen LogP contribution in [0.15, 0.2) is 72.8 Å². The second-order valence-electron chi connectivity index (χ2n) is 11.9. The molecule has 1 fully saturated rings. The third-order valence-electron chi connectivity index (χ3n) is 8.83. The number of halogens is 3. The van der Waals surface area contributed by atoms with Crippen molar-refractivity contribution in [2.75, 3.05) is 45.7 Å². The summed E-state index contributed by atoms with van der Waals surface area (Å²) in [7, 11) is 4.68. The summed E-state index contributed by atoms with van der Waals surface area (Å²) in [6.45, 7) is 0.893. The van der Waals surface area contributed by atoms with Gasteiger partial charge in [0.15, 0.2) is 5.69 Å². The number of ether oxygens (including phenoxy) is 1. The zero-order valence-corrected chi connectivity index (χ0v) is 26.3. The average Bonchev–Trinajstić information content (AvgIpc) is 3.49. The largest absolute Gasteiger partial charge is 0.497 e. The number of hydrogen-bond donors (Lipinski definition) is 0. The van der Waals surface area contributed by atoms with E-state index in [4.69, 9.17) is 4.74 Å². The Kier molecular flexibility index (Phi) is 8.52. The Hall–Kier alpha value is -5.13. The molecule has 0 saturated carbocycles. The maximum absolute atomic E-state index is 14.4. The fourth-order valence-corrected chi connectivity index (χ4v) is 6.36. The van der Waals surface area contributed by atoms with Gasteiger partial charge < -0.3 is 19.4 Å². The predicted octanol–water partition coefficient (Wildman–Crippen LogP) is 5.82. The summed E-state index contributed by atoms with van der Waals surface area (Å²) in [4.78, 5) is 45.0. The van der Waals surface area contributed by atoms with Crippen molar-refractivity contribution in [2.24, 2.45) is 0 Å². The molecule has 1 saturated heterocycles. The zero-order valence-electron chi connectivity index (χ0n) is 26.3. The van der Waals surface area contributed by atoms with Gasteiger partial charge in [0.1, 0.15) is 11.4 Å². The number of hydrogen-bond acceptors (Lipinski definition) is 5. The van der Waals surface area contributed by atoms with Crippen LogP contribution in [0, 0.1) is 0 Å². The van der Waals surface area contributed by atoms with E-state index in [0.29, 0.717) is 30.1 Å². The number of piperidine rings is 1. The molecule has 3 amide bonds. The highest BCUT2D eigenvalue weighted by atomic mass is 19.4. The highest BCUT2D eigenvalue weighted by Gasteiger charge is 2.44. The standard InChI is InChI=1S/C35H34F3N5O4/c1-40(2)32(44)24-9-11-25(12-10-24)42-20-17-27-30(34(42)46)43(39-31(27)35(36,37)38)29-14-13-26(47-3)21-28(29)33(45)41-18-15-23(16-19-41)22-7-5-4-6-8-22/h4-14,21,23H,15-20H2,1-3H3. The number of methoxy groups -OCH3 is 1. The quantitative estimate of drug-likeness (QED) is 0.264. The Morgan fingerprint density at radius 1 is 0.936 bits per heavy atom. The number of carbonyl (C=O) groups excluding carboxylic acids is 3. The first-order valence-corrected chi connectivity index (χ1v) is 15.3. The molecule has 0 radical (unpaired) electrons. The maximum Gasteiger partial charge on any atom is 0.435 e. The zero-order chi connectivity index (χ0) is 33.5. The van der Waals surface area contributed by atoms with E-state index in [-0.39, 0.29) is 53.2 Å². The number of likely N-dealkylation sites (tertiary alicyclic amines) is 1. The lowest BCUT2D eigenvalue weighted by molar-refractivity contribution is -0.141. The monoisotopic (exact) mass is 645 g/mol. The third kappa shape index (κ3) is 6.07. The lowest BCUT2D eigenvalue weighted by Gasteiger charge is -2.33. The smallest absolute Gasteiger partial charge is 0.435 e. The SMILES string of the molecule is COc1ccc(-n2nc(C(F)(F)F)c3c2C(=O)N(c2ccc(C(=O)N(C)C)cc2)CC3)c(C(=O)N2CCC(c3ccccc3)CC2)c1. The Morgan fingerprint density at radius 2 is 1.62 bits per heavy atom. The van der Waals surface area contributed by atoms with Crippen LogP contribution in [0.3, 0.4) is 0 Å². The fraction of sp³-hybridized carbons (Fsp3) is 0.314. The summed E-state index contributed by atoms with van der Waals surface area (Å²) in [5, 5.41) is 3.95. The van der Waals surface area contributed by atoms with Gasteiger partial charge in [0, 0.05) is 50.5 Å². The molecule has 0 unspecified atom stereocenters. The number of rotatable bonds is 6. The van der Waals surface area contributed by atoms with E-state index in [2.05, 4.69) is 17.2 Å². The van der Waals surface area contributed by atoms with Crippen LogP contribution in [-0.4, -0.2) is 78.1 Å². The summed E-state index contributed by atoms with van der Waals surface area (Å²) in [6.07, 6.45) is -3.48. The molecule has 2 aliphatic rings. The molecule has 0 aliphatic carbocycles. The van der Waals surface area contributed by atoms with Crippen LogP contribution in [-0.2, 0) is 12.6 Å². The first-order valence-electron chi connectivity index (χ1n) is 15.3. The molecule has 0 spiro atoms. The van der Waals surface area contributed by atoms with E-state index < -0.39 is 17.8 Å². The summed E-state index contributed by atoms with van der Waals surface area (Å²) < 4.78 is 49.4. The second kappa shape index (κ2) is 12.6. The van der Waals surface area contributed by atoms with Gasteiger partial charge in [0.25, 0.3) is 17.7 Å². The van der Waals surface area contributed by atoms with Crippen molar-refractivity contribution >= 4 is 23.4 Å². The maximum atomic E-state index is 14.4. The van der Waals surface area contributed by atoms with Crippen molar-refractivity contribution in [3.63, 3.8) is 0 Å². The molecular formula is C35H34F3N5O4. The number of nitrogens with zero attached hydrogens (tertiary/aromatic N) is 5. The number of aromatic nitrogens is 2. The number of alkyl halides is 3. The molecule has 1 aromatic heterocycles. The molecule has 3 heterocycles. The highest BCUT2D eigenvalue weighted by molar-refractivity contribution is 6.08. The van der Waals surface area contributed by atoms with E-state index >= 15 is 0 Å². The summed E-state index contributed by atoms with van der Waals surface area (Å²) in [5.41, 5.74) is 0.506. The highest BCUT2D eigenvalue weighted by Crippen LogP contribution is 2.38. The van der Waals surface area contributed by atoms with Crippen LogP contribution >= 0.6 is 0 Å². The van der Waals surface area contributed by atoms with Crippen LogP contribution in [0.5, 0.6) is 5.75 Å². The Bertz CT molecular complexity index is 1810. The molecular weight excluding hydrogens is 611 g/mol. The van der Waals surface area contributed by atoms with E-state index in [1.165, 1.54) is 40.7 Å². The number of carbonyl (C=O) groups is 3. The molecule has 244 valence electrons. The van der Waals surface area contributed by atoms with Crippen LogP contribution in [0.1, 0.15) is 66.8 Å². The van der Waals surface area contributed by atoms with Crippen LogP contribution in [0.4, 0.5) is 18.9 Å². The van der Waals surface area contributed by atoms with Gasteiger partial charge in [-0.2, -0.15) is 18.3 Å². The summed E-state index contributed by atoms with van der Waals surface area (Å²) in [5.74, 6) is -0.675. The van der Waals surface area contributed by atoms with Gasteiger partial charge in [-0.25, -0.2) is 4.68 Å². The van der Waals surface area contributed by atoms with Crippen LogP contribution in [0.2, 0.25) is 0 Å². The van der Waals surface area contributed by atoms with Gasteiger partial charge in [-0.1, -0.05) is 30.3 Å². The molecule has 12 heteroatoms. The van der Waals surface area contributed by atoms with Gasteiger partial charge in [-0.15, -0.1) is 0 Å². The van der Waals surface area contributed by atoms with E-state index in [1.807, 2.05) is 18.2 Å². The van der Waals surface area contributed by atoms with E-state index in [1.54, 1.807) is 43.3 Å². The lowest BCUT2D eigenvalue weighted by Crippen LogP contribution is -2.40. The van der Waals surface area contributed by atoms with Gasteiger partial charge >= 0.3 is 6.18 Å². The van der Waals surface area contributed by atoms with Gasteiger partial charge in [0.2, 0.25) is 0 Å². The first-order chi connectivity index (χ1) is 22.5. The topological polar surface area (TPSA) is 88.0 Å². The van der Waals surface area contributed by atoms with Crippen molar-refractivity contribution in [3.8, 4) is 11.4 Å².